The number of carbonyl (C=O) groups excluding carboxylic acids is 1. The van der Waals surface area contributed by atoms with E-state index in [1.54, 1.807) is 43.3 Å². The van der Waals surface area contributed by atoms with Crippen molar-refractivity contribution in [3.8, 4) is 11.5 Å². The summed E-state index contributed by atoms with van der Waals surface area (Å²) in [5.41, 5.74) is 0.557. The van der Waals surface area contributed by atoms with E-state index in [1.165, 1.54) is 25.3 Å². The first-order valence-electron chi connectivity index (χ1n) is 10.6. The number of hydrogen-bond donors (Lipinski definition) is 2. The van der Waals surface area contributed by atoms with Crippen LogP contribution in [0.4, 0.5) is 17.1 Å². The van der Waals surface area contributed by atoms with E-state index in [-0.39, 0.29) is 51.5 Å². The van der Waals surface area contributed by atoms with Gasteiger partial charge in [-0.05, 0) is 48.2 Å². The van der Waals surface area contributed by atoms with Gasteiger partial charge in [-0.1, -0.05) is 53.2 Å². The molecule has 0 radical (unpaired) electrons. The van der Waals surface area contributed by atoms with Gasteiger partial charge in [0.1, 0.15) is 10.6 Å². The molecule has 190 valence electrons. The van der Waals surface area contributed by atoms with Crippen molar-refractivity contribution in [1.29, 1.82) is 0 Å². The van der Waals surface area contributed by atoms with Gasteiger partial charge >= 0.3 is 29.6 Å². The molecule has 9 nitrogen and oxygen atoms in total. The summed E-state index contributed by atoms with van der Waals surface area (Å²) in [6.07, 6.45) is 0. The molecule has 0 unspecified atom stereocenters. The number of aryl methyl sites for hydroxylation is 1. The number of carbonyl (C=O) groups is 1. The van der Waals surface area contributed by atoms with Crippen LogP contribution in [0.3, 0.4) is 0 Å². The molecule has 0 fully saturated rings. The Labute approximate surface area is 250 Å². The van der Waals surface area contributed by atoms with Gasteiger partial charge < -0.3 is 15.2 Å². The number of nitrogens with zero attached hydrogens (tertiary/aromatic N) is 2. The normalized spacial score (nSPS) is 11.4. The number of ether oxygens (including phenoxy) is 1. The molecule has 2 N–H and O–H groups in total. The van der Waals surface area contributed by atoms with Crippen LogP contribution < -0.4 is 44.7 Å². The van der Waals surface area contributed by atoms with E-state index in [0.29, 0.717) is 32.8 Å². The summed E-state index contributed by atoms with van der Waals surface area (Å²) in [5.74, 6) is -0.937. The molecular weight excluding hydrogens is 564 g/mol. The average molecular weight is 582 g/mol. The minimum absolute atomic E-state index is 0. The van der Waals surface area contributed by atoms with Crippen LogP contribution in [0.5, 0.6) is 11.5 Å². The molecule has 38 heavy (non-hydrogen) atoms. The van der Waals surface area contributed by atoms with Crippen LogP contribution >= 0.6 is 23.2 Å². The van der Waals surface area contributed by atoms with Crippen molar-refractivity contribution in [3.63, 3.8) is 0 Å². The van der Waals surface area contributed by atoms with Crippen LogP contribution in [0, 0.1) is 6.92 Å². The van der Waals surface area contributed by atoms with Crippen LogP contribution in [-0.4, -0.2) is 26.0 Å². The molecule has 0 atom stereocenters. The van der Waals surface area contributed by atoms with Crippen molar-refractivity contribution in [2.75, 3.05) is 12.4 Å². The van der Waals surface area contributed by atoms with Crippen molar-refractivity contribution in [2.24, 2.45) is 10.2 Å². The van der Waals surface area contributed by atoms with Crippen LogP contribution in [0.1, 0.15) is 15.9 Å². The molecule has 0 aromatic heterocycles. The van der Waals surface area contributed by atoms with E-state index in [2.05, 4.69) is 15.5 Å². The molecule has 0 aliphatic carbocycles. The first kappa shape index (κ1) is 29.9. The summed E-state index contributed by atoms with van der Waals surface area (Å²) in [7, 11) is -3.08. The molecule has 0 saturated carbocycles. The van der Waals surface area contributed by atoms with Gasteiger partial charge in [-0.3, -0.25) is 9.35 Å². The summed E-state index contributed by atoms with van der Waals surface area (Å²) in [6.45, 7) is 1.54. The Morgan fingerprint density at radius 1 is 1.05 bits per heavy atom. The maximum atomic E-state index is 13.4. The Kier molecular flexibility index (Phi) is 9.43. The topological polar surface area (TPSA) is 140 Å². The fraction of sp³-hybridized carbons (Fsp3) is 0.0800. The van der Waals surface area contributed by atoms with E-state index in [1.807, 2.05) is 0 Å². The third kappa shape index (κ3) is 6.47. The molecule has 0 spiro atoms. The maximum absolute atomic E-state index is 13.4. The molecule has 0 saturated heterocycles. The predicted molar refractivity (Wildman–Crippen MR) is 140 cm³/mol. The van der Waals surface area contributed by atoms with E-state index in [0.717, 1.165) is 6.07 Å². The van der Waals surface area contributed by atoms with Crippen LogP contribution in [-0.2, 0) is 10.1 Å². The molecule has 1 amide bonds. The smallest absolute Gasteiger partial charge is 0.870 e. The third-order valence-electron chi connectivity index (χ3n) is 5.37. The van der Waals surface area contributed by atoms with Crippen LogP contribution in [0.15, 0.2) is 75.8 Å². The molecule has 4 aromatic carbocycles. The minimum Gasteiger partial charge on any atom is -0.870 e. The summed E-state index contributed by atoms with van der Waals surface area (Å²) in [6, 6.07) is 15.3. The number of methoxy groups -OCH3 is 1. The van der Waals surface area contributed by atoms with Gasteiger partial charge in [0, 0.05) is 27.7 Å². The van der Waals surface area contributed by atoms with Gasteiger partial charge in [0.05, 0.1) is 23.5 Å². The van der Waals surface area contributed by atoms with E-state index < -0.39 is 26.7 Å². The maximum Gasteiger partial charge on any atom is 1.00 e. The first-order chi connectivity index (χ1) is 17.5. The summed E-state index contributed by atoms with van der Waals surface area (Å²) in [5, 5.41) is 25.3. The fourth-order valence-electron chi connectivity index (χ4n) is 3.58. The molecule has 4 rings (SSSR count). The van der Waals surface area contributed by atoms with Crippen molar-refractivity contribution in [3.05, 3.63) is 81.8 Å². The number of azo groups is 1. The van der Waals surface area contributed by atoms with Gasteiger partial charge in [0.25, 0.3) is 16.0 Å². The van der Waals surface area contributed by atoms with Crippen LogP contribution in [0.25, 0.3) is 10.8 Å². The molecule has 0 aliphatic rings. The first-order valence-corrected chi connectivity index (χ1v) is 12.8. The van der Waals surface area contributed by atoms with Gasteiger partial charge in [-0.25, -0.2) is 0 Å². The largest absolute Gasteiger partial charge is 1.00 e. The van der Waals surface area contributed by atoms with Gasteiger partial charge in [-0.2, -0.15) is 18.6 Å². The fourth-order valence-corrected chi connectivity index (χ4v) is 4.89. The summed E-state index contributed by atoms with van der Waals surface area (Å²) in [4.78, 5) is 12.6. The number of rotatable bonds is 6. The second kappa shape index (κ2) is 12.0. The Hall–Kier alpha value is -2.70. The SMILES string of the molecule is COc1cc(Cl)cc(NC(=O)c2cc3ccccc3c(N=Nc3cc(Cl)c(S(=O)(=O)O)cc3C)c2[O-])c1.[Na+]. The Morgan fingerprint density at radius 2 is 1.76 bits per heavy atom. The number of fused-ring (bicyclic) bond motifs is 1. The number of anilines is 1. The quantitative estimate of drug-likeness (QED) is 0.203. The van der Waals surface area contributed by atoms with E-state index >= 15 is 0 Å². The molecular formula is C25H18Cl2N3NaO6S. The van der Waals surface area contributed by atoms with Gasteiger partial charge in [0.15, 0.2) is 0 Å². The second-order valence-electron chi connectivity index (χ2n) is 7.90. The minimum atomic E-state index is -4.54. The number of hydrogen-bond acceptors (Lipinski definition) is 7. The van der Waals surface area contributed by atoms with Crippen LogP contribution in [0.2, 0.25) is 10.0 Å². The Balaban J connectivity index is 0.00000400. The standard InChI is InChI=1S/C25H19Cl2N3O6S.Na/c1-13-7-22(37(33,34)35)20(27)12-21(13)29-30-23-18-6-4-3-5-14(18)8-19(24(23)31)25(32)28-16-9-15(26)10-17(11-16)36-2;/h3-12,31H,1-2H3,(H,28,32)(H,33,34,35);/q;+1/p-1. The third-order valence-corrected chi connectivity index (χ3v) is 6.91. The van der Waals surface area contributed by atoms with E-state index in [9.17, 15) is 22.9 Å². The zero-order chi connectivity index (χ0) is 26.9. The van der Waals surface area contributed by atoms with Gasteiger partial charge in [0.2, 0.25) is 0 Å². The zero-order valence-electron chi connectivity index (χ0n) is 20.3. The number of amides is 1. The Bertz CT molecular complexity index is 1700. The molecule has 13 heteroatoms. The van der Waals surface area contributed by atoms with Crippen molar-refractivity contribution < 1.29 is 57.2 Å². The average Bonchev–Trinajstić information content (AvgIpc) is 2.83. The molecule has 0 heterocycles. The van der Waals surface area contributed by atoms with Crippen molar-refractivity contribution in [2.45, 2.75) is 11.8 Å². The monoisotopic (exact) mass is 581 g/mol. The molecule has 0 aliphatic heterocycles. The van der Waals surface area contributed by atoms with Crippen molar-refractivity contribution in [1.82, 2.24) is 0 Å². The van der Waals surface area contributed by atoms with Crippen molar-refractivity contribution >= 4 is 67.1 Å². The van der Waals surface area contributed by atoms with E-state index in [4.69, 9.17) is 27.9 Å². The molecule has 4 aromatic rings. The predicted octanol–water partition coefficient (Wildman–Crippen LogP) is 3.46. The summed E-state index contributed by atoms with van der Waals surface area (Å²) < 4.78 is 37.5. The number of halogens is 2. The second-order valence-corrected chi connectivity index (χ2v) is 10.1. The Morgan fingerprint density at radius 3 is 2.45 bits per heavy atom. The number of benzene rings is 4. The molecule has 0 bridgehead atoms. The zero-order valence-corrected chi connectivity index (χ0v) is 24.6. The van der Waals surface area contributed by atoms with Gasteiger partial charge in [-0.15, -0.1) is 0 Å². The number of nitrogens with one attached hydrogen (secondary N) is 1. The summed E-state index contributed by atoms with van der Waals surface area (Å²) >= 11 is 12.1.